The predicted molar refractivity (Wildman–Crippen MR) is 169 cm³/mol. The largest absolute Gasteiger partial charge is 0.395 e. The van der Waals surface area contributed by atoms with Crippen LogP contribution in [0.15, 0.2) is 6.20 Å². The zero-order valence-electron chi connectivity index (χ0n) is 27.0. The fourth-order valence-corrected chi connectivity index (χ4v) is 5.89. The molecule has 8 unspecified atom stereocenters. The number of aliphatic hydroxyl groups excluding tert-OH is 7. The molecule has 0 aliphatic heterocycles. The first kappa shape index (κ1) is 38.9. The van der Waals surface area contributed by atoms with Crippen LogP contribution in [0.2, 0.25) is 0 Å². The fraction of sp³-hybridized carbons (Fsp3) is 0.867. The summed E-state index contributed by atoms with van der Waals surface area (Å²) in [6.07, 6.45) is -0.688. The molecule has 0 saturated heterocycles. The average Bonchev–Trinajstić information content (AvgIpc) is 3.35. The lowest BCUT2D eigenvalue weighted by Crippen LogP contribution is -2.64. The van der Waals surface area contributed by atoms with Gasteiger partial charge in [0.05, 0.1) is 36.9 Å². The van der Waals surface area contributed by atoms with Gasteiger partial charge in [0.25, 0.3) is 0 Å². The van der Waals surface area contributed by atoms with Crippen LogP contribution in [0.5, 0.6) is 0 Å². The summed E-state index contributed by atoms with van der Waals surface area (Å²) < 4.78 is 0. The van der Waals surface area contributed by atoms with Crippen LogP contribution in [-0.4, -0.2) is 115 Å². The Bertz CT molecular complexity index is 936. The Morgan fingerprint density at radius 3 is 1.91 bits per heavy atom. The van der Waals surface area contributed by atoms with E-state index < -0.39 is 74.1 Å². The van der Waals surface area contributed by atoms with Crippen LogP contribution in [0, 0.1) is 11.8 Å². The van der Waals surface area contributed by atoms with Gasteiger partial charge in [-0.1, -0.05) is 27.7 Å². The summed E-state index contributed by atoms with van der Waals surface area (Å²) in [7, 11) is 0. The van der Waals surface area contributed by atoms with E-state index in [9.17, 15) is 35.7 Å². The maximum absolute atomic E-state index is 11.6. The SMILES string of the molecule is CC(C)CC(N)C(O)N[C@H](CC(N)O)C(O)NC(Cc1c[nH]c2c1CCCC2)C(O)N[C@H](C(C)C)C(O)N[C@@H](CO)C(C)O. The van der Waals surface area contributed by atoms with E-state index in [4.69, 9.17) is 11.5 Å². The Balaban J connectivity index is 2.31. The molecule has 2 rings (SSSR count). The van der Waals surface area contributed by atoms with E-state index in [1.807, 2.05) is 33.9 Å². The molecule has 0 radical (unpaired) electrons. The highest BCUT2D eigenvalue weighted by molar-refractivity contribution is 5.33. The quantitative estimate of drug-likeness (QED) is 0.0633. The van der Waals surface area contributed by atoms with Crippen LogP contribution in [0.4, 0.5) is 0 Å². The number of aromatic nitrogens is 1. The van der Waals surface area contributed by atoms with Gasteiger partial charge in [-0.15, -0.1) is 0 Å². The van der Waals surface area contributed by atoms with E-state index in [1.165, 1.54) is 12.5 Å². The second-order valence-electron chi connectivity index (χ2n) is 13.2. The molecule has 0 aromatic carbocycles. The smallest absolute Gasteiger partial charge is 0.121 e. The number of aliphatic hydroxyl groups is 7. The zero-order chi connectivity index (χ0) is 33.1. The van der Waals surface area contributed by atoms with Gasteiger partial charge in [-0.2, -0.15) is 0 Å². The maximum atomic E-state index is 11.6. The molecule has 258 valence electrons. The van der Waals surface area contributed by atoms with Crippen molar-refractivity contribution in [3.8, 4) is 0 Å². The number of nitrogens with two attached hydrogens (primary N) is 2. The van der Waals surface area contributed by atoms with Gasteiger partial charge >= 0.3 is 0 Å². The predicted octanol–water partition coefficient (Wildman–Crippen LogP) is -2.39. The number of H-pyrrole nitrogens is 1. The minimum Gasteiger partial charge on any atom is -0.395 e. The van der Waals surface area contributed by atoms with Crippen LogP contribution in [0.1, 0.15) is 77.1 Å². The van der Waals surface area contributed by atoms with Crippen molar-refractivity contribution in [2.75, 3.05) is 6.61 Å². The van der Waals surface area contributed by atoms with Gasteiger partial charge < -0.3 is 52.2 Å². The van der Waals surface area contributed by atoms with Crippen LogP contribution < -0.4 is 32.7 Å². The first-order chi connectivity index (χ1) is 20.6. The molecule has 16 N–H and O–H groups in total. The Morgan fingerprint density at radius 2 is 1.34 bits per heavy atom. The van der Waals surface area contributed by atoms with Crippen molar-refractivity contribution >= 4 is 0 Å². The Labute approximate surface area is 262 Å². The lowest BCUT2D eigenvalue weighted by Gasteiger charge is -2.37. The third-order valence-corrected chi connectivity index (χ3v) is 8.48. The molecule has 0 saturated carbocycles. The fourth-order valence-electron chi connectivity index (χ4n) is 5.89. The number of rotatable bonds is 21. The van der Waals surface area contributed by atoms with Gasteiger partial charge in [-0.3, -0.25) is 21.3 Å². The second kappa shape index (κ2) is 18.8. The molecule has 0 fully saturated rings. The second-order valence-corrected chi connectivity index (χ2v) is 13.2. The summed E-state index contributed by atoms with van der Waals surface area (Å²) in [6.45, 7) is 8.78. The highest BCUT2D eigenvalue weighted by Gasteiger charge is 2.34. The number of hydrogen-bond acceptors (Lipinski definition) is 13. The monoisotopic (exact) mass is 631 g/mol. The van der Waals surface area contributed by atoms with E-state index in [1.54, 1.807) is 0 Å². The molecule has 1 aromatic heterocycles. The first-order valence-electron chi connectivity index (χ1n) is 16.1. The molecular formula is C30H61N7O7. The van der Waals surface area contributed by atoms with Crippen LogP contribution in [0.3, 0.4) is 0 Å². The Morgan fingerprint density at radius 1 is 0.750 bits per heavy atom. The van der Waals surface area contributed by atoms with Gasteiger partial charge in [-0.25, -0.2) is 0 Å². The summed E-state index contributed by atoms with van der Waals surface area (Å²) in [5, 5.41) is 86.0. The van der Waals surface area contributed by atoms with E-state index in [0.29, 0.717) is 12.8 Å². The third-order valence-electron chi connectivity index (χ3n) is 8.48. The van der Waals surface area contributed by atoms with Crippen molar-refractivity contribution < 1.29 is 35.7 Å². The van der Waals surface area contributed by atoms with E-state index in [-0.39, 0.29) is 18.3 Å². The van der Waals surface area contributed by atoms with Crippen molar-refractivity contribution in [3.63, 3.8) is 0 Å². The molecule has 14 heteroatoms. The molecule has 1 heterocycles. The Hall–Kier alpha value is -1.24. The number of nitrogens with one attached hydrogen (secondary N) is 5. The number of aryl methyl sites for hydroxylation is 1. The van der Waals surface area contributed by atoms with Crippen LogP contribution in [-0.2, 0) is 19.3 Å². The lowest BCUT2D eigenvalue weighted by atomic mass is 9.92. The van der Waals surface area contributed by atoms with Crippen molar-refractivity contribution in [1.29, 1.82) is 0 Å². The molecule has 44 heavy (non-hydrogen) atoms. The lowest BCUT2D eigenvalue weighted by molar-refractivity contribution is -0.0260. The highest BCUT2D eigenvalue weighted by Crippen LogP contribution is 2.25. The zero-order valence-corrected chi connectivity index (χ0v) is 27.0. The Kier molecular flexibility index (Phi) is 16.6. The summed E-state index contributed by atoms with van der Waals surface area (Å²) in [4.78, 5) is 3.34. The molecular weight excluding hydrogens is 570 g/mol. The first-order valence-corrected chi connectivity index (χ1v) is 16.1. The third kappa shape index (κ3) is 12.2. The standard InChI is InChI=1S/C30H61N7O7/c1-15(2)10-20(31)27(41)34-23(12-25(32)40)28(42)35-22(11-18-13-33-21-9-7-6-8-19(18)21)29(43)37-26(16(3)4)30(44)36-24(14-38)17(5)39/h13,15-17,20,22-30,33-44H,6-12,14,31-32H2,1-5H3/t17?,20?,22?,23-,24+,25?,26-,27?,28?,29?,30?/m1/s1. The number of aromatic amines is 1. The summed E-state index contributed by atoms with van der Waals surface area (Å²) in [5.41, 5.74) is 15.2. The van der Waals surface area contributed by atoms with Crippen LogP contribution >= 0.6 is 0 Å². The average molecular weight is 632 g/mol. The van der Waals surface area contributed by atoms with Crippen molar-refractivity contribution in [2.45, 2.75) is 147 Å². The molecule has 11 atom stereocenters. The normalized spacial score (nSPS) is 21.6. The van der Waals surface area contributed by atoms with Crippen molar-refractivity contribution in [3.05, 3.63) is 23.0 Å². The minimum absolute atomic E-state index is 0.117. The molecule has 0 spiro atoms. The topological polar surface area (TPSA) is 258 Å². The van der Waals surface area contributed by atoms with E-state index in [0.717, 1.165) is 36.9 Å². The summed E-state index contributed by atoms with van der Waals surface area (Å²) >= 11 is 0. The highest BCUT2D eigenvalue weighted by atomic mass is 16.3. The molecule has 1 aliphatic rings. The number of fused-ring (bicyclic) bond motifs is 1. The molecule has 0 bridgehead atoms. The summed E-state index contributed by atoms with van der Waals surface area (Å²) in [6, 6.07) is -3.85. The summed E-state index contributed by atoms with van der Waals surface area (Å²) in [5.74, 6) is 0.0402. The van der Waals surface area contributed by atoms with Gasteiger partial charge in [0.1, 0.15) is 31.1 Å². The number of hydrogen-bond donors (Lipinski definition) is 14. The van der Waals surface area contributed by atoms with Crippen molar-refractivity contribution in [2.24, 2.45) is 23.3 Å². The molecule has 0 amide bonds. The van der Waals surface area contributed by atoms with Gasteiger partial charge in [-0.05, 0) is 68.4 Å². The van der Waals surface area contributed by atoms with Gasteiger partial charge in [0.15, 0.2) is 0 Å². The van der Waals surface area contributed by atoms with E-state index >= 15 is 0 Å². The molecule has 1 aromatic rings. The maximum Gasteiger partial charge on any atom is 0.121 e. The van der Waals surface area contributed by atoms with Gasteiger partial charge in [0, 0.05) is 24.4 Å². The van der Waals surface area contributed by atoms with Gasteiger partial charge in [0.2, 0.25) is 0 Å². The van der Waals surface area contributed by atoms with E-state index in [2.05, 4.69) is 26.3 Å². The molecule has 1 aliphatic carbocycles. The van der Waals surface area contributed by atoms with Crippen LogP contribution in [0.25, 0.3) is 0 Å². The van der Waals surface area contributed by atoms with Crippen molar-refractivity contribution in [1.82, 2.24) is 26.3 Å². The minimum atomic E-state index is -1.38. The molecule has 14 nitrogen and oxygen atoms in total.